The first-order valence-electron chi connectivity index (χ1n) is 7.65. The number of aliphatic hydroxyl groups excluding tert-OH is 1. The van der Waals surface area contributed by atoms with Crippen LogP contribution < -0.4 is 0 Å². The smallest absolute Gasteiger partial charge is 0.295 e. The van der Waals surface area contributed by atoms with Gasteiger partial charge in [0.2, 0.25) is 5.78 Å². The molecule has 0 fully saturated rings. The summed E-state index contributed by atoms with van der Waals surface area (Å²) >= 11 is 0. The van der Waals surface area contributed by atoms with Crippen LogP contribution in [0.2, 0.25) is 0 Å². The van der Waals surface area contributed by atoms with E-state index < -0.39 is 32.3 Å². The van der Waals surface area contributed by atoms with Gasteiger partial charge in [0, 0.05) is 5.56 Å². The lowest BCUT2D eigenvalue weighted by molar-refractivity contribution is -0.113. The minimum atomic E-state index is -4.59. The highest BCUT2D eigenvalue weighted by molar-refractivity contribution is 7.86. The third kappa shape index (κ3) is 3.62. The van der Waals surface area contributed by atoms with Crippen LogP contribution in [0.25, 0.3) is 5.57 Å². The van der Waals surface area contributed by atoms with E-state index in [0.29, 0.717) is 5.56 Å². The van der Waals surface area contributed by atoms with Crippen LogP contribution in [-0.4, -0.2) is 34.1 Å². The maximum Gasteiger partial charge on any atom is 0.295 e. The van der Waals surface area contributed by atoms with Gasteiger partial charge in [0.25, 0.3) is 10.1 Å². The Morgan fingerprint density at radius 1 is 0.889 bits per heavy atom. The molecule has 0 spiro atoms. The second-order valence-corrected chi connectivity index (χ2v) is 7.12. The number of benzene rings is 2. The Kier molecular flexibility index (Phi) is 4.61. The predicted molar refractivity (Wildman–Crippen MR) is 96.9 cm³/mol. The molecule has 0 unspecified atom stereocenters. The molecule has 0 aromatic heterocycles. The highest BCUT2D eigenvalue weighted by atomic mass is 32.2. The van der Waals surface area contributed by atoms with Crippen molar-refractivity contribution in [1.29, 1.82) is 0 Å². The molecule has 27 heavy (non-hydrogen) atoms. The van der Waals surface area contributed by atoms with E-state index in [1.165, 1.54) is 42.5 Å². The first kappa shape index (κ1) is 18.4. The molecule has 0 heterocycles. The summed E-state index contributed by atoms with van der Waals surface area (Å²) in [6.07, 6.45) is 3.64. The fraction of sp³-hybridized carbons (Fsp3) is 0. The SMILES string of the molecule is O=C1C=C/C(=C(/c2ccc(O)c(O)c2)c2ccccc2S(=O)(=O)O)C=C1O. The number of hydrogen-bond acceptors (Lipinski definition) is 6. The molecule has 1 aliphatic carbocycles. The molecule has 0 bridgehead atoms. The van der Waals surface area contributed by atoms with Crippen molar-refractivity contribution in [2.75, 3.05) is 0 Å². The van der Waals surface area contributed by atoms with Crippen LogP contribution >= 0.6 is 0 Å². The van der Waals surface area contributed by atoms with E-state index in [4.69, 9.17) is 0 Å². The largest absolute Gasteiger partial charge is 0.504 e. The normalized spacial score (nSPS) is 16.2. The van der Waals surface area contributed by atoms with Gasteiger partial charge < -0.3 is 15.3 Å². The van der Waals surface area contributed by atoms with Crippen LogP contribution in [0, 0.1) is 0 Å². The lowest BCUT2D eigenvalue weighted by atomic mass is 9.90. The molecule has 0 atom stereocenters. The Labute approximate surface area is 154 Å². The van der Waals surface area contributed by atoms with Crippen LogP contribution in [0.15, 0.2) is 76.9 Å². The van der Waals surface area contributed by atoms with E-state index in [1.807, 2.05) is 0 Å². The molecule has 8 heteroatoms. The number of hydrogen-bond donors (Lipinski definition) is 4. The lowest BCUT2D eigenvalue weighted by Gasteiger charge is -2.17. The quantitative estimate of drug-likeness (QED) is 0.471. The van der Waals surface area contributed by atoms with Crippen molar-refractivity contribution < 1.29 is 33.1 Å². The van der Waals surface area contributed by atoms with Crippen molar-refractivity contribution >= 4 is 21.5 Å². The summed E-state index contributed by atoms with van der Waals surface area (Å²) < 4.78 is 33.2. The van der Waals surface area contributed by atoms with E-state index in [0.717, 1.165) is 12.2 Å². The number of aromatic hydroxyl groups is 2. The molecule has 4 N–H and O–H groups in total. The first-order chi connectivity index (χ1) is 12.7. The third-order valence-electron chi connectivity index (χ3n) is 3.95. The van der Waals surface area contributed by atoms with Gasteiger partial charge in [0.05, 0.1) is 0 Å². The zero-order chi connectivity index (χ0) is 19.8. The molecule has 7 nitrogen and oxygen atoms in total. The Hall–Kier alpha value is -3.36. The van der Waals surface area contributed by atoms with E-state index >= 15 is 0 Å². The molecule has 0 saturated heterocycles. The molecule has 2 aromatic carbocycles. The third-order valence-corrected chi connectivity index (χ3v) is 4.86. The van der Waals surface area contributed by atoms with Gasteiger partial charge in [-0.2, -0.15) is 8.42 Å². The van der Waals surface area contributed by atoms with E-state index in [9.17, 15) is 33.1 Å². The molecule has 138 valence electrons. The average Bonchev–Trinajstić information content (AvgIpc) is 2.61. The number of carbonyl (C=O) groups is 1. The monoisotopic (exact) mass is 386 g/mol. The van der Waals surface area contributed by atoms with Crippen LogP contribution in [0.3, 0.4) is 0 Å². The second kappa shape index (κ2) is 6.75. The first-order valence-corrected chi connectivity index (χ1v) is 9.09. The van der Waals surface area contributed by atoms with Crippen LogP contribution in [0.1, 0.15) is 11.1 Å². The summed E-state index contributed by atoms with van der Waals surface area (Å²) in [6.45, 7) is 0. The lowest BCUT2D eigenvalue weighted by Crippen LogP contribution is -2.07. The van der Waals surface area contributed by atoms with Gasteiger partial charge in [-0.05, 0) is 47.1 Å². The van der Waals surface area contributed by atoms with Gasteiger partial charge >= 0.3 is 0 Å². The number of allylic oxidation sites excluding steroid dienone is 4. The maximum absolute atomic E-state index is 11.8. The van der Waals surface area contributed by atoms with Gasteiger partial charge in [0.1, 0.15) is 4.90 Å². The zero-order valence-corrected chi connectivity index (χ0v) is 14.5. The Morgan fingerprint density at radius 3 is 2.22 bits per heavy atom. The Balaban J connectivity index is 2.40. The molecule has 0 radical (unpaired) electrons. The van der Waals surface area contributed by atoms with Crippen molar-refractivity contribution in [2.24, 2.45) is 0 Å². The second-order valence-electron chi connectivity index (χ2n) is 5.73. The van der Waals surface area contributed by atoms with Crippen molar-refractivity contribution in [3.05, 3.63) is 83.2 Å². The number of carbonyl (C=O) groups excluding carboxylic acids is 1. The van der Waals surface area contributed by atoms with Crippen molar-refractivity contribution in [3.63, 3.8) is 0 Å². The average molecular weight is 386 g/mol. The van der Waals surface area contributed by atoms with E-state index in [2.05, 4.69) is 0 Å². The van der Waals surface area contributed by atoms with Gasteiger partial charge in [-0.1, -0.05) is 30.3 Å². The zero-order valence-electron chi connectivity index (χ0n) is 13.7. The predicted octanol–water partition coefficient (Wildman–Crippen LogP) is 2.73. The van der Waals surface area contributed by atoms with Crippen molar-refractivity contribution in [3.8, 4) is 11.5 Å². The molecule has 3 rings (SSSR count). The number of phenolic OH excluding ortho intramolecular Hbond substituents is 2. The fourth-order valence-electron chi connectivity index (χ4n) is 2.73. The number of phenols is 2. The fourth-order valence-corrected chi connectivity index (χ4v) is 3.43. The molecular weight excluding hydrogens is 372 g/mol. The minimum absolute atomic E-state index is 0.0862. The molecule has 0 amide bonds. The summed E-state index contributed by atoms with van der Waals surface area (Å²) in [5, 5.41) is 29.2. The number of ketones is 1. The maximum atomic E-state index is 11.8. The molecular formula is C19H14O7S. The van der Waals surface area contributed by atoms with Crippen LogP contribution in [0.4, 0.5) is 0 Å². The van der Waals surface area contributed by atoms with Crippen LogP contribution in [-0.2, 0) is 14.9 Å². The van der Waals surface area contributed by atoms with Crippen molar-refractivity contribution in [1.82, 2.24) is 0 Å². The summed E-state index contributed by atoms with van der Waals surface area (Å²) in [7, 11) is -4.59. The van der Waals surface area contributed by atoms with Gasteiger partial charge in [-0.25, -0.2) is 0 Å². The van der Waals surface area contributed by atoms with Gasteiger partial charge in [0.15, 0.2) is 17.3 Å². The van der Waals surface area contributed by atoms with Crippen LogP contribution in [0.5, 0.6) is 11.5 Å². The standard InChI is InChI=1S/C19H14O7S/c20-14-7-5-11(9-16(14)22)19(12-6-8-15(21)17(23)10-12)13-3-1-2-4-18(13)27(24,25)26/h1-10,20,22-23H,(H,24,25,26)/b19-12+. The molecule has 1 aliphatic rings. The summed E-state index contributed by atoms with van der Waals surface area (Å²) in [5.74, 6) is -1.98. The molecule has 0 saturated carbocycles. The van der Waals surface area contributed by atoms with Gasteiger partial charge in [-0.3, -0.25) is 9.35 Å². The summed E-state index contributed by atoms with van der Waals surface area (Å²) in [5.41, 5.74) is 0.865. The van der Waals surface area contributed by atoms with Gasteiger partial charge in [-0.15, -0.1) is 0 Å². The van der Waals surface area contributed by atoms with E-state index in [-0.39, 0.29) is 22.5 Å². The topological polar surface area (TPSA) is 132 Å². The Bertz CT molecular complexity index is 1140. The molecule has 0 aliphatic heterocycles. The number of rotatable bonds is 3. The highest BCUT2D eigenvalue weighted by Crippen LogP contribution is 2.37. The Morgan fingerprint density at radius 2 is 1.59 bits per heavy atom. The number of aliphatic hydroxyl groups is 1. The molecule has 2 aromatic rings. The van der Waals surface area contributed by atoms with E-state index in [1.54, 1.807) is 6.07 Å². The van der Waals surface area contributed by atoms with Crippen molar-refractivity contribution in [2.45, 2.75) is 4.90 Å². The minimum Gasteiger partial charge on any atom is -0.504 e. The summed E-state index contributed by atoms with van der Waals surface area (Å²) in [4.78, 5) is 11.1. The summed E-state index contributed by atoms with van der Waals surface area (Å²) in [6, 6.07) is 9.45. The highest BCUT2D eigenvalue weighted by Gasteiger charge is 2.22.